The number of nitrogens with zero attached hydrogens (tertiary/aromatic N) is 1. The zero-order valence-electron chi connectivity index (χ0n) is 10.7. The zero-order valence-corrected chi connectivity index (χ0v) is 10.7. The van der Waals surface area contributed by atoms with Crippen molar-refractivity contribution in [3.63, 3.8) is 0 Å². The number of amides is 1. The van der Waals surface area contributed by atoms with Crippen molar-refractivity contribution in [2.24, 2.45) is 0 Å². The van der Waals surface area contributed by atoms with Crippen LogP contribution in [0.15, 0.2) is 18.2 Å². The van der Waals surface area contributed by atoms with Crippen LogP contribution >= 0.6 is 0 Å². The average Bonchev–Trinajstić information content (AvgIpc) is 2.28. The molecule has 1 amide bonds. The highest BCUT2D eigenvalue weighted by Gasteiger charge is 2.34. The van der Waals surface area contributed by atoms with E-state index in [1.54, 1.807) is 0 Å². The average molecular weight is 278 g/mol. The van der Waals surface area contributed by atoms with E-state index in [0.29, 0.717) is 6.07 Å². The molecule has 7 heteroatoms. The molecule has 0 aliphatic rings. The lowest BCUT2D eigenvalue weighted by atomic mass is 10.1. The lowest BCUT2D eigenvalue weighted by molar-refractivity contribution is -0.139. The Morgan fingerprint density at radius 1 is 1.32 bits per heavy atom. The third-order valence-corrected chi connectivity index (χ3v) is 2.47. The summed E-state index contributed by atoms with van der Waals surface area (Å²) in [4.78, 5) is 12.9. The Kier molecular flexibility index (Phi) is 4.39. The van der Waals surface area contributed by atoms with Crippen LogP contribution in [0, 0.1) is 5.82 Å². The van der Waals surface area contributed by atoms with Crippen LogP contribution in [0.2, 0.25) is 0 Å². The van der Waals surface area contributed by atoms with Gasteiger partial charge in [-0.15, -0.1) is 0 Å². The number of hydrogen-bond donors (Lipinski definition) is 1. The maximum Gasteiger partial charge on any atom is 0.419 e. The van der Waals surface area contributed by atoms with Crippen LogP contribution in [-0.2, 0) is 11.0 Å². The first kappa shape index (κ1) is 15.3. The van der Waals surface area contributed by atoms with E-state index >= 15 is 0 Å². The van der Waals surface area contributed by atoms with Gasteiger partial charge in [-0.25, -0.2) is 4.39 Å². The van der Waals surface area contributed by atoms with E-state index < -0.39 is 23.6 Å². The molecule has 0 saturated carbocycles. The molecule has 1 unspecified atom stereocenters. The minimum atomic E-state index is -4.77. The van der Waals surface area contributed by atoms with Crippen LogP contribution < -0.4 is 5.32 Å². The molecule has 0 heterocycles. The summed E-state index contributed by atoms with van der Waals surface area (Å²) < 4.78 is 50.6. The van der Waals surface area contributed by atoms with E-state index in [1.165, 1.54) is 25.9 Å². The Balaban J connectivity index is 2.95. The van der Waals surface area contributed by atoms with Gasteiger partial charge in [0.15, 0.2) is 0 Å². The van der Waals surface area contributed by atoms with E-state index in [9.17, 15) is 22.4 Å². The molecule has 0 bridgehead atoms. The van der Waals surface area contributed by atoms with Gasteiger partial charge in [0.05, 0.1) is 5.56 Å². The van der Waals surface area contributed by atoms with Crippen molar-refractivity contribution in [2.75, 3.05) is 19.4 Å². The van der Waals surface area contributed by atoms with Crippen LogP contribution in [0.25, 0.3) is 0 Å². The minimum absolute atomic E-state index is 0.0384. The Morgan fingerprint density at radius 2 is 1.89 bits per heavy atom. The highest BCUT2D eigenvalue weighted by atomic mass is 19.4. The minimum Gasteiger partial charge on any atom is -0.374 e. The fourth-order valence-corrected chi connectivity index (χ4v) is 1.53. The number of rotatable bonds is 3. The summed E-state index contributed by atoms with van der Waals surface area (Å²) in [7, 11) is 3.07. The number of carbonyl (C=O) groups excluding carboxylic acids is 1. The van der Waals surface area contributed by atoms with Crippen LogP contribution in [0.3, 0.4) is 0 Å². The van der Waals surface area contributed by atoms with Crippen molar-refractivity contribution >= 4 is 11.6 Å². The Labute approximate surface area is 108 Å². The molecule has 0 saturated heterocycles. The van der Waals surface area contributed by atoms with E-state index in [1.807, 2.05) is 0 Å². The van der Waals surface area contributed by atoms with Crippen LogP contribution in [0.4, 0.5) is 23.2 Å². The molecular weight excluding hydrogens is 264 g/mol. The highest BCUT2D eigenvalue weighted by molar-refractivity contribution is 5.83. The van der Waals surface area contributed by atoms with Crippen LogP contribution in [0.1, 0.15) is 12.5 Å². The van der Waals surface area contributed by atoms with Gasteiger partial charge in [0, 0.05) is 19.8 Å². The molecule has 1 aromatic carbocycles. The summed E-state index contributed by atoms with van der Waals surface area (Å²) in [6, 6.07) is 1.82. The van der Waals surface area contributed by atoms with Crippen molar-refractivity contribution in [1.29, 1.82) is 0 Å². The summed E-state index contributed by atoms with van der Waals surface area (Å²) >= 11 is 0. The quantitative estimate of drug-likeness (QED) is 0.862. The molecule has 0 aliphatic carbocycles. The van der Waals surface area contributed by atoms with Gasteiger partial charge >= 0.3 is 6.18 Å². The first-order valence-corrected chi connectivity index (χ1v) is 5.47. The topological polar surface area (TPSA) is 32.3 Å². The molecule has 0 aromatic heterocycles. The summed E-state index contributed by atoms with van der Waals surface area (Å²) in [5.74, 6) is -1.64. The molecule has 0 aliphatic heterocycles. The first-order valence-electron chi connectivity index (χ1n) is 5.47. The second kappa shape index (κ2) is 5.46. The van der Waals surface area contributed by atoms with Crippen LogP contribution in [0.5, 0.6) is 0 Å². The van der Waals surface area contributed by atoms with Gasteiger partial charge in [-0.1, -0.05) is 0 Å². The molecule has 19 heavy (non-hydrogen) atoms. The van der Waals surface area contributed by atoms with Crippen molar-refractivity contribution < 1.29 is 22.4 Å². The summed E-state index contributed by atoms with van der Waals surface area (Å²) in [6.07, 6.45) is -4.77. The van der Waals surface area contributed by atoms with Gasteiger partial charge in [-0.3, -0.25) is 4.79 Å². The number of hydrogen-bond acceptors (Lipinski definition) is 2. The molecule has 0 spiro atoms. The molecular formula is C12H14F4N2O. The van der Waals surface area contributed by atoms with Gasteiger partial charge in [-0.2, -0.15) is 13.2 Å². The molecule has 1 aromatic rings. The fraction of sp³-hybridized carbons (Fsp3) is 0.417. The van der Waals surface area contributed by atoms with E-state index in [4.69, 9.17) is 0 Å². The predicted molar refractivity (Wildman–Crippen MR) is 63.2 cm³/mol. The molecule has 1 N–H and O–H groups in total. The Morgan fingerprint density at radius 3 is 2.37 bits per heavy atom. The second-order valence-electron chi connectivity index (χ2n) is 4.29. The van der Waals surface area contributed by atoms with Gasteiger partial charge in [-0.05, 0) is 25.1 Å². The smallest absolute Gasteiger partial charge is 0.374 e. The Bertz CT molecular complexity index is 471. The standard InChI is InChI=1S/C12H14F4N2O/c1-7(11(19)18(2)3)17-8-4-5-10(13)9(6-8)12(14,15)16/h4-7,17H,1-3H3. The molecule has 106 valence electrons. The van der Waals surface area contributed by atoms with E-state index in [0.717, 1.165) is 12.1 Å². The summed E-state index contributed by atoms with van der Waals surface area (Å²) in [5.41, 5.74) is -1.32. The number of carbonyl (C=O) groups is 1. The van der Waals surface area contributed by atoms with Crippen LogP contribution in [-0.4, -0.2) is 30.9 Å². The van der Waals surface area contributed by atoms with E-state index in [-0.39, 0.29) is 11.6 Å². The monoisotopic (exact) mass is 278 g/mol. The SMILES string of the molecule is CC(Nc1ccc(F)c(C(F)(F)F)c1)C(=O)N(C)C. The number of nitrogens with one attached hydrogen (secondary N) is 1. The highest BCUT2D eigenvalue weighted by Crippen LogP contribution is 2.33. The zero-order chi connectivity index (χ0) is 14.8. The van der Waals surface area contributed by atoms with Gasteiger partial charge in [0.2, 0.25) is 5.91 Å². The van der Waals surface area contributed by atoms with Crippen molar-refractivity contribution in [1.82, 2.24) is 4.90 Å². The molecule has 3 nitrogen and oxygen atoms in total. The third-order valence-electron chi connectivity index (χ3n) is 2.47. The Hall–Kier alpha value is -1.79. The number of benzene rings is 1. The lowest BCUT2D eigenvalue weighted by Gasteiger charge is -2.19. The van der Waals surface area contributed by atoms with Gasteiger partial charge in [0.1, 0.15) is 11.9 Å². The maximum atomic E-state index is 13.1. The summed E-state index contributed by atoms with van der Waals surface area (Å²) in [6.45, 7) is 1.51. The normalized spacial score (nSPS) is 13.0. The number of alkyl halides is 3. The molecule has 0 radical (unpaired) electrons. The predicted octanol–water partition coefficient (Wildman–Crippen LogP) is 2.73. The fourth-order valence-electron chi connectivity index (χ4n) is 1.53. The third kappa shape index (κ3) is 3.84. The lowest BCUT2D eigenvalue weighted by Crippen LogP contribution is -2.36. The molecule has 0 fully saturated rings. The number of anilines is 1. The van der Waals surface area contributed by atoms with Crippen molar-refractivity contribution in [3.8, 4) is 0 Å². The molecule has 1 atom stereocenters. The first-order chi connectivity index (χ1) is 8.62. The summed E-state index contributed by atoms with van der Waals surface area (Å²) in [5, 5.41) is 2.60. The van der Waals surface area contributed by atoms with Crippen molar-refractivity contribution in [3.05, 3.63) is 29.6 Å². The number of likely N-dealkylation sites (N-methyl/N-ethyl adjacent to an activating group) is 1. The number of halogens is 4. The van der Waals surface area contributed by atoms with Gasteiger partial charge in [0.25, 0.3) is 0 Å². The largest absolute Gasteiger partial charge is 0.419 e. The molecule has 1 rings (SSSR count). The second-order valence-corrected chi connectivity index (χ2v) is 4.29. The van der Waals surface area contributed by atoms with Gasteiger partial charge < -0.3 is 10.2 Å². The van der Waals surface area contributed by atoms with E-state index in [2.05, 4.69) is 5.32 Å². The van der Waals surface area contributed by atoms with Crippen molar-refractivity contribution in [2.45, 2.75) is 19.1 Å². The maximum absolute atomic E-state index is 13.1.